The van der Waals surface area contributed by atoms with Crippen molar-refractivity contribution in [1.29, 1.82) is 0 Å². The van der Waals surface area contributed by atoms with E-state index in [2.05, 4.69) is 0 Å². The van der Waals surface area contributed by atoms with Crippen molar-refractivity contribution in [2.45, 2.75) is 6.04 Å². The van der Waals surface area contributed by atoms with Gasteiger partial charge in [-0.15, -0.1) is 0 Å². The van der Waals surface area contributed by atoms with Crippen molar-refractivity contribution in [3.05, 3.63) is 82.4 Å². The number of aliphatic hydroxyl groups is 1. The molecule has 0 aromatic heterocycles. The summed E-state index contributed by atoms with van der Waals surface area (Å²) < 4.78 is 16.1. The highest BCUT2D eigenvalue weighted by molar-refractivity contribution is 6.51. The van der Waals surface area contributed by atoms with Gasteiger partial charge in [-0.2, -0.15) is 0 Å². The molecule has 1 atom stereocenters. The molecule has 1 saturated heterocycles. The van der Waals surface area contributed by atoms with Gasteiger partial charge in [0.15, 0.2) is 0 Å². The third-order valence-corrected chi connectivity index (χ3v) is 6.03. The lowest BCUT2D eigenvalue weighted by atomic mass is 9.94. The molecule has 0 bridgehead atoms. The number of halogens is 1. The Hall–Kier alpha value is -4.17. The van der Waals surface area contributed by atoms with Crippen LogP contribution in [0.2, 0.25) is 5.02 Å². The number of benzene rings is 3. The first kappa shape index (κ1) is 24.0. The molecule has 1 unspecified atom stereocenters. The Morgan fingerprint density at radius 1 is 0.914 bits per heavy atom. The molecule has 3 aromatic rings. The Labute approximate surface area is 206 Å². The summed E-state index contributed by atoms with van der Waals surface area (Å²) in [5, 5.41) is 21.4. The summed E-state index contributed by atoms with van der Waals surface area (Å²) in [6.45, 7) is 0. The second kappa shape index (κ2) is 9.60. The fourth-order valence-electron chi connectivity index (χ4n) is 4.09. The molecule has 0 spiro atoms. The van der Waals surface area contributed by atoms with Gasteiger partial charge in [-0.3, -0.25) is 14.5 Å². The summed E-state index contributed by atoms with van der Waals surface area (Å²) in [7, 11) is 4.31. The second-order valence-electron chi connectivity index (χ2n) is 7.62. The van der Waals surface area contributed by atoms with Gasteiger partial charge in [-0.1, -0.05) is 29.8 Å². The molecule has 3 aromatic carbocycles. The molecule has 1 aliphatic heterocycles. The van der Waals surface area contributed by atoms with E-state index in [0.29, 0.717) is 17.0 Å². The summed E-state index contributed by atoms with van der Waals surface area (Å²) in [6, 6.07) is 14.7. The topological polar surface area (TPSA) is 106 Å². The SMILES string of the molecule is COc1cccc(N2C(=O)C(=O)/C(=C(/O)c3c(OC)cccc3OC)C2c2ccc(O)c(Cl)c2)c1. The first-order valence-corrected chi connectivity index (χ1v) is 10.8. The number of carbonyl (C=O) groups excluding carboxylic acids is 2. The number of ether oxygens (including phenoxy) is 3. The van der Waals surface area contributed by atoms with Crippen LogP contribution >= 0.6 is 11.6 Å². The fraction of sp³-hybridized carbons (Fsp3) is 0.154. The number of aliphatic hydroxyl groups excluding tert-OH is 1. The van der Waals surface area contributed by atoms with Crippen LogP contribution < -0.4 is 19.1 Å². The van der Waals surface area contributed by atoms with E-state index in [1.165, 1.54) is 44.4 Å². The van der Waals surface area contributed by atoms with E-state index >= 15 is 0 Å². The van der Waals surface area contributed by atoms with Crippen LogP contribution in [0.5, 0.6) is 23.0 Å². The van der Waals surface area contributed by atoms with Crippen molar-refractivity contribution in [2.24, 2.45) is 0 Å². The lowest BCUT2D eigenvalue weighted by Crippen LogP contribution is -2.29. The maximum Gasteiger partial charge on any atom is 0.300 e. The fourth-order valence-corrected chi connectivity index (χ4v) is 4.28. The number of rotatable bonds is 6. The average molecular weight is 496 g/mol. The minimum atomic E-state index is -1.07. The lowest BCUT2D eigenvalue weighted by molar-refractivity contribution is -0.132. The molecule has 1 fully saturated rings. The monoisotopic (exact) mass is 495 g/mol. The van der Waals surface area contributed by atoms with E-state index in [1.54, 1.807) is 42.5 Å². The Morgan fingerprint density at radius 2 is 1.57 bits per heavy atom. The highest BCUT2D eigenvalue weighted by atomic mass is 35.5. The van der Waals surface area contributed by atoms with Crippen LogP contribution in [0.25, 0.3) is 5.76 Å². The predicted molar refractivity (Wildman–Crippen MR) is 130 cm³/mol. The molecule has 0 saturated carbocycles. The number of Topliss-reactive ketones (excluding diaryl/α,β-unsaturated/α-hetero) is 1. The molecule has 0 aliphatic carbocycles. The Kier molecular flexibility index (Phi) is 6.57. The minimum Gasteiger partial charge on any atom is -0.506 e. The van der Waals surface area contributed by atoms with Crippen LogP contribution in [-0.2, 0) is 9.59 Å². The Morgan fingerprint density at radius 3 is 2.17 bits per heavy atom. The highest BCUT2D eigenvalue weighted by Crippen LogP contribution is 2.46. The second-order valence-corrected chi connectivity index (χ2v) is 8.03. The zero-order valence-corrected chi connectivity index (χ0v) is 19.9. The van der Waals surface area contributed by atoms with Crippen LogP contribution in [0.4, 0.5) is 5.69 Å². The predicted octanol–water partition coefficient (Wildman–Crippen LogP) is 4.70. The van der Waals surface area contributed by atoms with Crippen molar-refractivity contribution in [1.82, 2.24) is 0 Å². The maximum atomic E-state index is 13.4. The lowest BCUT2D eigenvalue weighted by Gasteiger charge is -2.26. The van der Waals surface area contributed by atoms with Gasteiger partial charge >= 0.3 is 0 Å². The molecule has 35 heavy (non-hydrogen) atoms. The first-order chi connectivity index (χ1) is 16.8. The van der Waals surface area contributed by atoms with Crippen LogP contribution in [0.1, 0.15) is 17.2 Å². The first-order valence-electron chi connectivity index (χ1n) is 10.5. The van der Waals surface area contributed by atoms with Gasteiger partial charge in [-0.25, -0.2) is 0 Å². The Bertz CT molecular complexity index is 1330. The molecular formula is C26H22ClNO7. The van der Waals surface area contributed by atoms with Gasteiger partial charge in [0.05, 0.1) is 38.0 Å². The number of amides is 1. The molecule has 1 aliphatic rings. The number of phenols is 1. The normalized spacial score (nSPS) is 16.9. The van der Waals surface area contributed by atoms with Crippen LogP contribution in [0.3, 0.4) is 0 Å². The quantitative estimate of drug-likeness (QED) is 0.290. The van der Waals surface area contributed by atoms with Gasteiger partial charge in [0.2, 0.25) is 0 Å². The van der Waals surface area contributed by atoms with Gasteiger partial charge in [0, 0.05) is 11.8 Å². The van der Waals surface area contributed by atoms with Crippen molar-refractivity contribution in [3.63, 3.8) is 0 Å². The van der Waals surface area contributed by atoms with Crippen LogP contribution in [0, 0.1) is 0 Å². The number of anilines is 1. The van der Waals surface area contributed by atoms with E-state index in [0.717, 1.165) is 0 Å². The average Bonchev–Trinajstić information content (AvgIpc) is 3.14. The number of methoxy groups -OCH3 is 3. The maximum absolute atomic E-state index is 13.4. The van der Waals surface area contributed by atoms with Crippen LogP contribution in [0.15, 0.2) is 66.2 Å². The number of phenolic OH excluding ortho intramolecular Hbond substituents is 1. The summed E-state index contributed by atoms with van der Waals surface area (Å²) in [4.78, 5) is 28.0. The van der Waals surface area contributed by atoms with Gasteiger partial charge in [0.1, 0.15) is 34.3 Å². The summed E-state index contributed by atoms with van der Waals surface area (Å²) in [6.07, 6.45) is 0. The van der Waals surface area contributed by atoms with E-state index < -0.39 is 23.5 Å². The van der Waals surface area contributed by atoms with Crippen molar-refractivity contribution < 1.29 is 34.0 Å². The molecule has 4 rings (SSSR count). The third-order valence-electron chi connectivity index (χ3n) is 5.73. The standard InChI is InChI=1S/C26H22ClNO7/c1-33-16-7-4-6-15(13-16)28-23(14-10-11-18(29)17(27)12-14)22(25(31)26(28)32)24(30)21-19(34-2)8-5-9-20(21)35-3/h4-13,23,29-30H,1-3H3/b24-22+. The van der Waals surface area contributed by atoms with Crippen molar-refractivity contribution in [2.75, 3.05) is 26.2 Å². The van der Waals surface area contributed by atoms with E-state index in [1.807, 2.05) is 0 Å². The third kappa shape index (κ3) is 4.13. The summed E-state index contributed by atoms with van der Waals surface area (Å²) >= 11 is 6.17. The number of carbonyl (C=O) groups is 2. The van der Waals surface area contributed by atoms with E-state index in [9.17, 15) is 19.8 Å². The van der Waals surface area contributed by atoms with Crippen molar-refractivity contribution in [3.8, 4) is 23.0 Å². The zero-order valence-electron chi connectivity index (χ0n) is 19.1. The molecule has 1 amide bonds. The van der Waals surface area contributed by atoms with E-state index in [4.69, 9.17) is 25.8 Å². The summed E-state index contributed by atoms with van der Waals surface area (Å²) in [5.41, 5.74) is 0.690. The molecule has 2 N–H and O–H groups in total. The Balaban J connectivity index is 2.03. The molecule has 0 radical (unpaired) electrons. The van der Waals surface area contributed by atoms with Gasteiger partial charge in [-0.05, 0) is 42.0 Å². The zero-order chi connectivity index (χ0) is 25.3. The molecule has 180 valence electrons. The van der Waals surface area contributed by atoms with Crippen molar-refractivity contribution >= 4 is 34.7 Å². The highest BCUT2D eigenvalue weighted by Gasteiger charge is 2.47. The minimum absolute atomic E-state index is 0.0219. The summed E-state index contributed by atoms with van der Waals surface area (Å²) in [5.74, 6) is -1.44. The number of aromatic hydroxyl groups is 1. The number of ketones is 1. The number of hydrogen-bond donors (Lipinski definition) is 2. The number of hydrogen-bond acceptors (Lipinski definition) is 7. The largest absolute Gasteiger partial charge is 0.506 e. The van der Waals surface area contributed by atoms with Gasteiger partial charge in [0.25, 0.3) is 11.7 Å². The number of nitrogens with zero attached hydrogens (tertiary/aromatic N) is 1. The molecule has 1 heterocycles. The van der Waals surface area contributed by atoms with Crippen LogP contribution in [-0.4, -0.2) is 43.2 Å². The molecule has 9 heteroatoms. The van der Waals surface area contributed by atoms with Gasteiger partial charge < -0.3 is 24.4 Å². The smallest absolute Gasteiger partial charge is 0.300 e. The van der Waals surface area contributed by atoms with E-state index in [-0.39, 0.29) is 33.4 Å². The molecule has 8 nitrogen and oxygen atoms in total. The molecular weight excluding hydrogens is 474 g/mol.